The molecular weight excluding hydrogens is 411 g/mol. The molecule has 0 aliphatic rings. The molecule has 4 heterocycles. The van der Waals surface area contributed by atoms with Crippen molar-refractivity contribution in [2.45, 2.75) is 19.1 Å². The van der Waals surface area contributed by atoms with Crippen LogP contribution in [-0.4, -0.2) is 36.2 Å². The smallest absolute Gasteiger partial charge is 0.394 e. The Bertz CT molecular complexity index is 1290. The van der Waals surface area contributed by atoms with Crippen LogP contribution in [0.3, 0.4) is 0 Å². The summed E-state index contributed by atoms with van der Waals surface area (Å²) in [6.07, 6.45) is 0.981. The number of aromatic nitrogens is 5. The van der Waals surface area contributed by atoms with Crippen molar-refractivity contribution < 1.29 is 18.3 Å². The third kappa shape index (κ3) is 3.89. The van der Waals surface area contributed by atoms with Crippen LogP contribution in [-0.2, 0) is 6.18 Å². The van der Waals surface area contributed by atoms with Crippen LogP contribution in [0.5, 0.6) is 0 Å². The van der Waals surface area contributed by atoms with Gasteiger partial charge in [0.1, 0.15) is 11.2 Å². The first-order chi connectivity index (χ1) is 14.8. The first kappa shape index (κ1) is 20.6. The van der Waals surface area contributed by atoms with E-state index in [9.17, 15) is 23.1 Å². The molecule has 0 amide bonds. The van der Waals surface area contributed by atoms with Gasteiger partial charge in [-0.15, -0.1) is 0 Å². The van der Waals surface area contributed by atoms with Crippen molar-refractivity contribution in [1.29, 1.82) is 0 Å². The van der Waals surface area contributed by atoms with Gasteiger partial charge in [-0.2, -0.15) is 13.2 Å². The number of halogens is 3. The zero-order valence-electron chi connectivity index (χ0n) is 16.2. The zero-order valence-corrected chi connectivity index (χ0v) is 16.2. The lowest BCUT2D eigenvalue weighted by molar-refractivity contribution is -0.141. The molecule has 0 aliphatic heterocycles. The van der Waals surface area contributed by atoms with Gasteiger partial charge in [-0.3, -0.25) is 19.3 Å². The third-order valence-electron chi connectivity index (χ3n) is 4.79. The lowest BCUT2D eigenvalue weighted by Gasteiger charge is -2.14. The van der Waals surface area contributed by atoms with Gasteiger partial charge in [0.25, 0.3) is 5.56 Å². The highest BCUT2D eigenvalue weighted by atomic mass is 19.4. The molecule has 10 heteroatoms. The minimum Gasteiger partial charge on any atom is -0.394 e. The largest absolute Gasteiger partial charge is 0.433 e. The molecule has 31 heavy (non-hydrogen) atoms. The van der Waals surface area contributed by atoms with Gasteiger partial charge in [0, 0.05) is 29.7 Å². The van der Waals surface area contributed by atoms with Crippen molar-refractivity contribution in [3.63, 3.8) is 0 Å². The number of hydrogen-bond acceptors (Lipinski definition) is 6. The normalized spacial score (nSPS) is 12.8. The van der Waals surface area contributed by atoms with E-state index in [0.717, 1.165) is 12.3 Å². The first-order valence-electron chi connectivity index (χ1n) is 9.26. The van der Waals surface area contributed by atoms with E-state index in [4.69, 9.17) is 0 Å². The molecular formula is C21H16F3N5O2. The Balaban J connectivity index is 1.98. The molecule has 0 aliphatic carbocycles. The topological polar surface area (TPSA) is 93.8 Å². The van der Waals surface area contributed by atoms with Gasteiger partial charge >= 0.3 is 6.18 Å². The summed E-state index contributed by atoms with van der Waals surface area (Å²) < 4.78 is 39.9. The van der Waals surface area contributed by atoms with Crippen LogP contribution < -0.4 is 5.56 Å². The molecule has 1 N–H and O–H groups in total. The summed E-state index contributed by atoms with van der Waals surface area (Å²) in [7, 11) is 0. The van der Waals surface area contributed by atoms with E-state index in [-0.39, 0.29) is 17.7 Å². The van der Waals surface area contributed by atoms with E-state index < -0.39 is 23.5 Å². The molecule has 0 saturated carbocycles. The van der Waals surface area contributed by atoms with Crippen molar-refractivity contribution in [1.82, 2.24) is 24.5 Å². The minimum atomic E-state index is -4.56. The minimum absolute atomic E-state index is 0.214. The van der Waals surface area contributed by atoms with Crippen molar-refractivity contribution in [3.8, 4) is 22.5 Å². The summed E-state index contributed by atoms with van der Waals surface area (Å²) in [6, 6.07) is 6.52. The van der Waals surface area contributed by atoms with E-state index in [2.05, 4.69) is 19.9 Å². The predicted molar refractivity (Wildman–Crippen MR) is 107 cm³/mol. The molecule has 4 rings (SSSR count). The molecule has 0 aromatic carbocycles. The number of aliphatic hydroxyl groups is 1. The fourth-order valence-corrected chi connectivity index (χ4v) is 3.11. The van der Waals surface area contributed by atoms with Crippen molar-refractivity contribution >= 4 is 10.9 Å². The van der Waals surface area contributed by atoms with Crippen LogP contribution in [0.25, 0.3) is 33.4 Å². The molecule has 0 bridgehead atoms. The summed E-state index contributed by atoms with van der Waals surface area (Å²) >= 11 is 0. The number of aliphatic hydroxyl groups excluding tert-OH is 1. The Morgan fingerprint density at radius 1 is 1.13 bits per heavy atom. The Labute approximate surface area is 173 Å². The van der Waals surface area contributed by atoms with Crippen molar-refractivity contribution in [2.75, 3.05) is 6.61 Å². The van der Waals surface area contributed by atoms with Gasteiger partial charge in [-0.1, -0.05) is 0 Å². The third-order valence-corrected chi connectivity index (χ3v) is 4.79. The summed E-state index contributed by atoms with van der Waals surface area (Å²) in [5.74, 6) is 0. The number of nitrogens with zero attached hydrogens (tertiary/aromatic N) is 5. The van der Waals surface area contributed by atoms with E-state index in [1.54, 1.807) is 31.5 Å². The molecule has 1 atom stereocenters. The fourth-order valence-electron chi connectivity index (χ4n) is 3.11. The fraction of sp³-hybridized carbons (Fsp3) is 0.190. The van der Waals surface area contributed by atoms with E-state index in [1.807, 2.05) is 0 Å². The molecule has 0 fully saturated rings. The monoisotopic (exact) mass is 427 g/mol. The maximum absolute atomic E-state index is 13.1. The number of pyridine rings is 3. The summed E-state index contributed by atoms with van der Waals surface area (Å²) in [5.41, 5.74) is 0.426. The van der Waals surface area contributed by atoms with E-state index in [1.165, 1.54) is 23.0 Å². The molecule has 0 saturated heterocycles. The van der Waals surface area contributed by atoms with E-state index >= 15 is 0 Å². The molecule has 4 aromatic heterocycles. The second kappa shape index (κ2) is 7.88. The molecule has 0 spiro atoms. The van der Waals surface area contributed by atoms with Gasteiger partial charge in [-0.05, 0) is 37.3 Å². The van der Waals surface area contributed by atoms with Crippen LogP contribution in [0.2, 0.25) is 0 Å². The zero-order chi connectivity index (χ0) is 22.2. The maximum Gasteiger partial charge on any atom is 0.433 e. The maximum atomic E-state index is 13.1. The Morgan fingerprint density at radius 3 is 2.55 bits per heavy atom. The molecule has 7 nitrogen and oxygen atoms in total. The van der Waals surface area contributed by atoms with Crippen LogP contribution in [0.1, 0.15) is 18.7 Å². The summed E-state index contributed by atoms with van der Waals surface area (Å²) in [5, 5.41) is 9.65. The van der Waals surface area contributed by atoms with Gasteiger partial charge in [0.15, 0.2) is 0 Å². The van der Waals surface area contributed by atoms with Gasteiger partial charge in [-0.25, -0.2) is 9.97 Å². The lowest BCUT2D eigenvalue weighted by Crippen LogP contribution is -2.25. The van der Waals surface area contributed by atoms with Crippen molar-refractivity contribution in [3.05, 3.63) is 71.3 Å². The predicted octanol–water partition coefficient (Wildman–Crippen LogP) is 3.49. The number of hydrogen-bond donors (Lipinski definition) is 1. The number of rotatable bonds is 4. The van der Waals surface area contributed by atoms with Gasteiger partial charge in [0.05, 0.1) is 35.8 Å². The molecule has 0 radical (unpaired) electrons. The van der Waals surface area contributed by atoms with E-state index in [0.29, 0.717) is 22.3 Å². The molecule has 0 unspecified atom stereocenters. The van der Waals surface area contributed by atoms with Crippen LogP contribution in [0.15, 0.2) is 60.0 Å². The van der Waals surface area contributed by atoms with Gasteiger partial charge < -0.3 is 5.11 Å². The summed E-state index contributed by atoms with van der Waals surface area (Å²) in [4.78, 5) is 29.5. The van der Waals surface area contributed by atoms with Crippen molar-refractivity contribution in [2.24, 2.45) is 0 Å². The average Bonchev–Trinajstić information content (AvgIpc) is 2.78. The second-order valence-corrected chi connectivity index (χ2v) is 6.91. The Hall–Kier alpha value is -3.66. The average molecular weight is 427 g/mol. The molecule has 158 valence electrons. The van der Waals surface area contributed by atoms with Gasteiger partial charge in [0.2, 0.25) is 0 Å². The standard InChI is InChI=1S/C21H16F3N5O2/c1-12(10-30)29-11-27-19-15(20(29)31)7-16(28-18(19)14-3-2-6-25-8-14)13-4-5-17(26-9-13)21(22,23)24/h2-9,11-12,30H,10H2,1H3/t12-/m0/s1. The highest BCUT2D eigenvalue weighted by Gasteiger charge is 2.32. The Kier molecular flexibility index (Phi) is 5.24. The summed E-state index contributed by atoms with van der Waals surface area (Å²) in [6.45, 7) is 1.40. The van der Waals surface area contributed by atoms with Crippen LogP contribution in [0, 0.1) is 0 Å². The highest BCUT2D eigenvalue weighted by molar-refractivity contribution is 5.93. The number of fused-ring (bicyclic) bond motifs is 1. The second-order valence-electron chi connectivity index (χ2n) is 6.91. The van der Waals surface area contributed by atoms with Crippen LogP contribution >= 0.6 is 0 Å². The lowest BCUT2D eigenvalue weighted by atomic mass is 10.1. The SMILES string of the molecule is C[C@@H](CO)n1cnc2c(-c3cccnc3)nc(-c3ccc(C(F)(F)F)nc3)cc2c1=O. The number of alkyl halides is 3. The van der Waals surface area contributed by atoms with Crippen LogP contribution in [0.4, 0.5) is 13.2 Å². The Morgan fingerprint density at radius 2 is 1.94 bits per heavy atom. The quantitative estimate of drug-likeness (QED) is 0.536. The highest BCUT2D eigenvalue weighted by Crippen LogP contribution is 2.31. The molecule has 4 aromatic rings. The first-order valence-corrected chi connectivity index (χ1v) is 9.26.